The van der Waals surface area contributed by atoms with Crippen LogP contribution in [0.2, 0.25) is 0 Å². The fourth-order valence-electron chi connectivity index (χ4n) is 3.30. The number of carbonyl (C=O) groups is 1. The number of aromatic nitrogens is 1. The molecule has 0 atom stereocenters. The minimum atomic E-state index is -0.118. The number of methoxy groups -OCH3 is 1. The first-order valence-corrected chi connectivity index (χ1v) is 7.10. The van der Waals surface area contributed by atoms with Gasteiger partial charge in [0.05, 0.1) is 24.1 Å². The molecule has 0 radical (unpaired) electrons. The predicted octanol–water partition coefficient (Wildman–Crippen LogP) is 3.43. The van der Waals surface area contributed by atoms with Crippen LogP contribution in [0.15, 0.2) is 41.4 Å². The van der Waals surface area contributed by atoms with Crippen LogP contribution in [-0.2, 0) is 9.53 Å². The summed E-state index contributed by atoms with van der Waals surface area (Å²) in [6, 6.07) is 2.01. The van der Waals surface area contributed by atoms with Gasteiger partial charge >= 0.3 is 0 Å². The Hall–Kier alpha value is -2.75. The van der Waals surface area contributed by atoms with Gasteiger partial charge in [-0.15, -0.1) is 0 Å². The smallest absolute Gasteiger partial charge is 0.221 e. The van der Waals surface area contributed by atoms with Crippen molar-refractivity contribution in [1.29, 1.82) is 0 Å². The molecule has 0 spiro atoms. The van der Waals surface area contributed by atoms with Gasteiger partial charge in [-0.25, -0.2) is 4.99 Å². The Labute approximate surface area is 127 Å². The number of rotatable bonds is 1. The fraction of sp³-hybridized carbons (Fsp3) is 0.167. The van der Waals surface area contributed by atoms with Crippen LogP contribution in [0, 0.1) is 13.8 Å². The van der Waals surface area contributed by atoms with Crippen molar-refractivity contribution in [2.24, 2.45) is 4.99 Å². The third kappa shape index (κ3) is 1.49. The number of hydrogen-bond acceptors (Lipinski definition) is 4. The lowest BCUT2D eigenvalue weighted by Crippen LogP contribution is -2.13. The van der Waals surface area contributed by atoms with Crippen molar-refractivity contribution >= 4 is 33.5 Å². The minimum Gasteiger partial charge on any atom is -0.492 e. The van der Waals surface area contributed by atoms with E-state index in [1.54, 1.807) is 12.3 Å². The second-order valence-corrected chi connectivity index (χ2v) is 5.50. The number of allylic oxidation sites excluding steroid dienone is 3. The van der Waals surface area contributed by atoms with Crippen LogP contribution in [0.5, 0.6) is 0 Å². The largest absolute Gasteiger partial charge is 0.492 e. The lowest BCUT2D eigenvalue weighted by molar-refractivity contribution is -0.114. The molecule has 2 aromatic rings. The van der Waals surface area contributed by atoms with Gasteiger partial charge in [0.1, 0.15) is 0 Å². The standard InChI is InChI=1S/C18H14N2O2/c1-9-12-8-19-7-6-11(12)10(2)17-15(9)16-13(20-17)4-5-14(21)18(16)22-3/h4-8H,1-3H3. The van der Waals surface area contributed by atoms with Crippen molar-refractivity contribution in [2.45, 2.75) is 13.8 Å². The van der Waals surface area contributed by atoms with E-state index in [0.29, 0.717) is 5.76 Å². The third-order valence-electron chi connectivity index (χ3n) is 4.38. The molecule has 0 bridgehead atoms. The summed E-state index contributed by atoms with van der Waals surface area (Å²) in [7, 11) is 1.53. The summed E-state index contributed by atoms with van der Waals surface area (Å²) in [5.41, 5.74) is 5.69. The van der Waals surface area contributed by atoms with Crippen molar-refractivity contribution in [3.05, 3.63) is 53.1 Å². The van der Waals surface area contributed by atoms with E-state index in [1.165, 1.54) is 13.2 Å². The Kier molecular flexibility index (Phi) is 2.57. The summed E-state index contributed by atoms with van der Waals surface area (Å²) in [6.45, 7) is 4.10. The van der Waals surface area contributed by atoms with E-state index in [-0.39, 0.29) is 5.78 Å². The molecule has 1 aromatic carbocycles. The maximum atomic E-state index is 12.1. The van der Waals surface area contributed by atoms with Crippen LogP contribution < -0.4 is 0 Å². The molecule has 1 aliphatic carbocycles. The van der Waals surface area contributed by atoms with E-state index in [1.807, 2.05) is 19.2 Å². The number of nitrogens with zero attached hydrogens (tertiary/aromatic N) is 2. The number of fused-ring (bicyclic) bond motifs is 4. The van der Waals surface area contributed by atoms with Gasteiger partial charge in [-0.2, -0.15) is 0 Å². The van der Waals surface area contributed by atoms with Crippen LogP contribution in [0.4, 0.5) is 5.69 Å². The Morgan fingerprint density at radius 2 is 1.91 bits per heavy atom. The van der Waals surface area contributed by atoms with Crippen LogP contribution in [0.25, 0.3) is 16.3 Å². The molecular weight excluding hydrogens is 276 g/mol. The Balaban J connectivity index is 2.18. The highest BCUT2D eigenvalue weighted by molar-refractivity contribution is 6.41. The summed E-state index contributed by atoms with van der Waals surface area (Å²) >= 11 is 0. The summed E-state index contributed by atoms with van der Waals surface area (Å²) in [6.07, 6.45) is 6.93. The van der Waals surface area contributed by atoms with Crippen LogP contribution in [-0.4, -0.2) is 23.6 Å². The number of aryl methyl sites for hydroxylation is 2. The normalized spacial score (nSPS) is 16.0. The van der Waals surface area contributed by atoms with E-state index >= 15 is 0 Å². The van der Waals surface area contributed by atoms with Crippen molar-refractivity contribution < 1.29 is 9.53 Å². The second-order valence-electron chi connectivity index (χ2n) is 5.50. The van der Waals surface area contributed by atoms with Gasteiger partial charge in [-0.1, -0.05) is 0 Å². The molecule has 4 heteroatoms. The number of benzene rings is 1. The monoisotopic (exact) mass is 290 g/mol. The molecule has 4 nitrogen and oxygen atoms in total. The lowest BCUT2D eigenvalue weighted by Gasteiger charge is -2.16. The number of pyridine rings is 1. The number of hydrogen-bond donors (Lipinski definition) is 0. The molecule has 22 heavy (non-hydrogen) atoms. The number of carbonyl (C=O) groups excluding carboxylic acids is 1. The molecule has 2 aliphatic rings. The van der Waals surface area contributed by atoms with E-state index < -0.39 is 0 Å². The third-order valence-corrected chi connectivity index (χ3v) is 4.38. The molecule has 1 aromatic heterocycles. The predicted molar refractivity (Wildman–Crippen MR) is 86.4 cm³/mol. The molecular formula is C18H14N2O2. The average molecular weight is 290 g/mol. The van der Waals surface area contributed by atoms with Crippen molar-refractivity contribution in [1.82, 2.24) is 4.98 Å². The molecule has 0 N–H and O–H groups in total. The summed E-state index contributed by atoms with van der Waals surface area (Å²) < 4.78 is 5.36. The molecule has 2 heterocycles. The van der Waals surface area contributed by atoms with Crippen molar-refractivity contribution in [3.8, 4) is 0 Å². The van der Waals surface area contributed by atoms with Gasteiger partial charge in [0.25, 0.3) is 0 Å². The maximum Gasteiger partial charge on any atom is 0.221 e. The highest BCUT2D eigenvalue weighted by Crippen LogP contribution is 2.46. The minimum absolute atomic E-state index is 0.118. The zero-order valence-corrected chi connectivity index (χ0v) is 12.6. The molecule has 0 amide bonds. The van der Waals surface area contributed by atoms with Crippen LogP contribution >= 0.6 is 0 Å². The molecule has 0 unspecified atom stereocenters. The van der Waals surface area contributed by atoms with Gasteiger partial charge in [-0.3, -0.25) is 9.78 Å². The Bertz CT molecular complexity index is 949. The van der Waals surface area contributed by atoms with Crippen molar-refractivity contribution in [3.63, 3.8) is 0 Å². The Morgan fingerprint density at radius 3 is 2.68 bits per heavy atom. The van der Waals surface area contributed by atoms with E-state index in [4.69, 9.17) is 9.73 Å². The highest BCUT2D eigenvalue weighted by Gasteiger charge is 2.32. The second kappa shape index (κ2) is 4.37. The molecule has 0 fully saturated rings. The van der Waals surface area contributed by atoms with E-state index in [0.717, 1.165) is 44.4 Å². The lowest BCUT2D eigenvalue weighted by atomic mass is 9.88. The first-order chi connectivity index (χ1) is 10.6. The van der Waals surface area contributed by atoms with Gasteiger partial charge in [-0.05, 0) is 48.6 Å². The Morgan fingerprint density at radius 1 is 1.09 bits per heavy atom. The van der Waals surface area contributed by atoms with Gasteiger partial charge in [0.15, 0.2) is 5.76 Å². The number of ketones is 1. The SMILES string of the molecule is COC1=C2C(=Nc3c2c(C)c2cnccc2c3C)C=CC1=O. The molecule has 4 rings (SSSR count). The van der Waals surface area contributed by atoms with E-state index in [9.17, 15) is 4.79 Å². The fourth-order valence-corrected chi connectivity index (χ4v) is 3.30. The van der Waals surface area contributed by atoms with Crippen LogP contribution in [0.1, 0.15) is 16.7 Å². The zero-order valence-electron chi connectivity index (χ0n) is 12.6. The molecule has 0 saturated heterocycles. The highest BCUT2D eigenvalue weighted by atomic mass is 16.5. The zero-order chi connectivity index (χ0) is 15.4. The van der Waals surface area contributed by atoms with Gasteiger partial charge in [0, 0.05) is 23.3 Å². The first kappa shape index (κ1) is 13.0. The van der Waals surface area contributed by atoms with Crippen LogP contribution in [0.3, 0.4) is 0 Å². The summed E-state index contributed by atoms with van der Waals surface area (Å²) in [5, 5.41) is 2.23. The van der Waals surface area contributed by atoms with Gasteiger partial charge in [0.2, 0.25) is 5.78 Å². The quantitative estimate of drug-likeness (QED) is 0.756. The first-order valence-electron chi connectivity index (χ1n) is 7.10. The maximum absolute atomic E-state index is 12.1. The number of ether oxygens (including phenoxy) is 1. The average Bonchev–Trinajstić information content (AvgIpc) is 2.92. The number of aliphatic imine (C=N–C) groups is 1. The summed E-state index contributed by atoms with van der Waals surface area (Å²) in [4.78, 5) is 21.1. The molecule has 0 saturated carbocycles. The van der Waals surface area contributed by atoms with Gasteiger partial charge < -0.3 is 4.74 Å². The summed E-state index contributed by atoms with van der Waals surface area (Å²) in [5.74, 6) is 0.248. The van der Waals surface area contributed by atoms with Crippen molar-refractivity contribution in [2.75, 3.05) is 7.11 Å². The topological polar surface area (TPSA) is 51.6 Å². The molecule has 1 aliphatic heterocycles. The van der Waals surface area contributed by atoms with E-state index in [2.05, 4.69) is 11.9 Å². The molecule has 108 valence electrons.